The van der Waals surface area contributed by atoms with Crippen LogP contribution in [0.25, 0.3) is 0 Å². The highest BCUT2D eigenvalue weighted by molar-refractivity contribution is 6.31. The van der Waals surface area contributed by atoms with Gasteiger partial charge in [-0.3, -0.25) is 19.3 Å². The second-order valence-electron chi connectivity index (χ2n) is 12.4. The van der Waals surface area contributed by atoms with E-state index in [0.29, 0.717) is 6.54 Å². The zero-order chi connectivity index (χ0) is 33.1. The van der Waals surface area contributed by atoms with Crippen molar-refractivity contribution in [1.29, 1.82) is 0 Å². The van der Waals surface area contributed by atoms with Crippen LogP contribution >= 0.6 is 0 Å². The number of aliphatic hydroxyl groups is 2. The minimum absolute atomic E-state index is 0.00856. The van der Waals surface area contributed by atoms with Gasteiger partial charge in [0.1, 0.15) is 22.8 Å². The van der Waals surface area contributed by atoms with Crippen molar-refractivity contribution in [2.45, 2.75) is 75.9 Å². The van der Waals surface area contributed by atoms with Crippen LogP contribution in [0.1, 0.15) is 81.3 Å². The van der Waals surface area contributed by atoms with E-state index in [0.717, 1.165) is 5.56 Å². The number of fused-ring (bicyclic) bond motifs is 3. The van der Waals surface area contributed by atoms with Crippen molar-refractivity contribution >= 4 is 17.3 Å². The summed E-state index contributed by atoms with van der Waals surface area (Å²) in [5.41, 5.74) is -1.93. The summed E-state index contributed by atoms with van der Waals surface area (Å²) in [4.78, 5) is 42.3. The van der Waals surface area contributed by atoms with Crippen molar-refractivity contribution in [3.63, 3.8) is 0 Å². The molecule has 0 aromatic heterocycles. The molecule has 0 spiro atoms. The summed E-state index contributed by atoms with van der Waals surface area (Å²) < 4.78 is 17.8. The maximum Gasteiger partial charge on any atom is 0.202 e. The van der Waals surface area contributed by atoms with Crippen LogP contribution in [0, 0.1) is 0 Å². The molecule has 1 saturated heterocycles. The number of methoxy groups -OCH3 is 1. The second kappa shape index (κ2) is 11.9. The third kappa shape index (κ3) is 5.18. The Labute approximate surface area is 265 Å². The van der Waals surface area contributed by atoms with Gasteiger partial charge in [-0.15, -0.1) is 0 Å². The second-order valence-corrected chi connectivity index (χ2v) is 12.4. The Morgan fingerprint density at radius 2 is 1.72 bits per heavy atom. The highest BCUT2D eigenvalue weighted by atomic mass is 16.7. The molecular formula is C35H37NO10. The summed E-state index contributed by atoms with van der Waals surface area (Å²) in [7, 11) is 3.23. The summed E-state index contributed by atoms with van der Waals surface area (Å²) >= 11 is 0. The predicted octanol–water partition coefficient (Wildman–Crippen LogP) is 3.20. The molecule has 6 rings (SSSR count). The lowest BCUT2D eigenvalue weighted by Gasteiger charge is -2.44. The van der Waals surface area contributed by atoms with Gasteiger partial charge in [-0.05, 0) is 32.5 Å². The minimum atomic E-state index is -2.01. The molecule has 3 aromatic carbocycles. The Bertz CT molecular complexity index is 1720. The molecule has 0 bridgehead atoms. The minimum Gasteiger partial charge on any atom is -0.507 e. The molecule has 11 nitrogen and oxygen atoms in total. The van der Waals surface area contributed by atoms with Crippen molar-refractivity contribution < 1.29 is 49.0 Å². The average Bonchev–Trinajstić information content (AvgIpc) is 3.02. The number of benzene rings is 3. The monoisotopic (exact) mass is 631 g/mol. The number of aliphatic hydroxyl groups excluding tert-OH is 1. The summed E-state index contributed by atoms with van der Waals surface area (Å²) in [5.74, 6) is -3.11. The molecule has 46 heavy (non-hydrogen) atoms. The van der Waals surface area contributed by atoms with E-state index in [-0.39, 0.29) is 40.8 Å². The van der Waals surface area contributed by atoms with Crippen LogP contribution in [-0.4, -0.2) is 87.0 Å². The van der Waals surface area contributed by atoms with E-state index in [1.807, 2.05) is 42.3 Å². The van der Waals surface area contributed by atoms with Crippen LogP contribution in [0.3, 0.4) is 0 Å². The molecule has 1 aliphatic heterocycles. The Balaban J connectivity index is 1.40. The number of hydrogen-bond donors (Lipinski definition) is 4. The van der Waals surface area contributed by atoms with Gasteiger partial charge in [0, 0.05) is 48.5 Å². The number of hydrogen-bond acceptors (Lipinski definition) is 11. The number of nitrogens with zero attached hydrogens (tertiary/aromatic N) is 1. The number of Topliss-reactive ketones (excluding diaryl/α,β-unsaturated/α-hetero) is 1. The van der Waals surface area contributed by atoms with E-state index >= 15 is 0 Å². The number of likely N-dealkylation sites (N-methyl/N-ethyl adjacent to an activating group) is 1. The number of carbonyl (C=O) groups is 3. The molecule has 0 amide bonds. The van der Waals surface area contributed by atoms with Crippen LogP contribution in [-0.2, 0) is 27.2 Å². The molecule has 6 unspecified atom stereocenters. The maximum absolute atomic E-state index is 13.9. The lowest BCUT2D eigenvalue weighted by Crippen LogP contribution is -2.54. The topological polar surface area (TPSA) is 163 Å². The van der Waals surface area contributed by atoms with E-state index in [9.17, 15) is 34.8 Å². The van der Waals surface area contributed by atoms with Crippen LogP contribution < -0.4 is 4.74 Å². The van der Waals surface area contributed by atoms with E-state index < -0.39 is 82.6 Å². The zero-order valence-electron chi connectivity index (χ0n) is 26.0. The molecule has 1 fully saturated rings. The van der Waals surface area contributed by atoms with Crippen molar-refractivity contribution in [2.75, 3.05) is 14.2 Å². The van der Waals surface area contributed by atoms with Crippen LogP contribution in [0.2, 0.25) is 0 Å². The van der Waals surface area contributed by atoms with E-state index in [1.165, 1.54) is 32.2 Å². The Morgan fingerprint density at radius 3 is 2.39 bits per heavy atom. The van der Waals surface area contributed by atoms with Crippen LogP contribution in [0.5, 0.6) is 17.2 Å². The fourth-order valence-electron chi connectivity index (χ4n) is 7.03. The summed E-state index contributed by atoms with van der Waals surface area (Å²) in [6, 6.07) is 13.8. The molecule has 3 aromatic rings. The number of ketones is 3. The number of phenolic OH excluding ortho intramolecular Hbond substituents is 2. The van der Waals surface area contributed by atoms with Gasteiger partial charge in [0.05, 0.1) is 42.1 Å². The first-order valence-corrected chi connectivity index (χ1v) is 15.2. The molecule has 6 atom stereocenters. The standard InChI is InChI=1S/C35H37NO10/c1-17-30(38)22(36(3)16-19-9-6-5-7-10-19)13-25(45-17)46-24-15-35(43,18(2)37)14-21-27(24)34(42)29-28(32(21)40)31(39)20-11-8-12-23(44-4)26(20)33(29)41/h5-12,17,22,24-25,30,38,40,42-43H,13-16H2,1-4H3. The van der Waals surface area contributed by atoms with Gasteiger partial charge in [0.2, 0.25) is 5.78 Å². The first-order valence-electron chi connectivity index (χ1n) is 15.2. The van der Waals surface area contributed by atoms with Gasteiger partial charge in [-0.2, -0.15) is 0 Å². The Hall–Kier alpha value is -4.13. The van der Waals surface area contributed by atoms with Crippen molar-refractivity contribution in [3.8, 4) is 17.2 Å². The van der Waals surface area contributed by atoms with Gasteiger partial charge in [-0.25, -0.2) is 0 Å². The molecule has 0 radical (unpaired) electrons. The van der Waals surface area contributed by atoms with Gasteiger partial charge in [-0.1, -0.05) is 42.5 Å². The molecule has 242 valence electrons. The van der Waals surface area contributed by atoms with Gasteiger partial charge in [0.15, 0.2) is 17.9 Å². The highest BCUT2D eigenvalue weighted by Gasteiger charge is 2.49. The van der Waals surface area contributed by atoms with E-state index in [4.69, 9.17) is 14.2 Å². The normalized spacial score (nSPS) is 27.2. The quantitative estimate of drug-likeness (QED) is 0.222. The molecule has 3 aliphatic rings. The predicted molar refractivity (Wildman–Crippen MR) is 164 cm³/mol. The highest BCUT2D eigenvalue weighted by Crippen LogP contribution is 2.52. The number of carbonyl (C=O) groups excluding carboxylic acids is 3. The Morgan fingerprint density at radius 1 is 1.02 bits per heavy atom. The maximum atomic E-state index is 13.9. The molecule has 4 N–H and O–H groups in total. The van der Waals surface area contributed by atoms with Crippen molar-refractivity contribution in [3.05, 3.63) is 87.5 Å². The number of rotatable bonds is 7. The van der Waals surface area contributed by atoms with Crippen molar-refractivity contribution in [1.82, 2.24) is 4.90 Å². The largest absolute Gasteiger partial charge is 0.507 e. The van der Waals surface area contributed by atoms with Crippen molar-refractivity contribution in [2.24, 2.45) is 0 Å². The molecular weight excluding hydrogens is 594 g/mol. The van der Waals surface area contributed by atoms with E-state index in [1.54, 1.807) is 6.92 Å². The van der Waals surface area contributed by atoms with Crippen LogP contribution in [0.15, 0.2) is 48.5 Å². The first kappa shape index (κ1) is 31.8. The lowest BCUT2D eigenvalue weighted by atomic mass is 9.72. The average molecular weight is 632 g/mol. The lowest BCUT2D eigenvalue weighted by molar-refractivity contribution is -0.258. The molecule has 11 heteroatoms. The van der Waals surface area contributed by atoms with E-state index in [2.05, 4.69) is 0 Å². The number of aromatic hydroxyl groups is 2. The fraction of sp³-hybridized carbons (Fsp3) is 0.400. The summed E-state index contributed by atoms with van der Waals surface area (Å²) in [6.07, 6.45) is -4.26. The molecule has 2 aliphatic carbocycles. The number of ether oxygens (including phenoxy) is 3. The van der Waals surface area contributed by atoms with Gasteiger partial charge < -0.3 is 34.6 Å². The number of phenols is 2. The molecule has 1 heterocycles. The third-order valence-corrected chi connectivity index (χ3v) is 9.56. The van der Waals surface area contributed by atoms with Gasteiger partial charge in [0.25, 0.3) is 0 Å². The first-order chi connectivity index (χ1) is 21.9. The third-order valence-electron chi connectivity index (χ3n) is 9.56. The Kier molecular flexibility index (Phi) is 8.24. The van der Waals surface area contributed by atoms with Gasteiger partial charge >= 0.3 is 0 Å². The zero-order valence-corrected chi connectivity index (χ0v) is 26.0. The smallest absolute Gasteiger partial charge is 0.202 e. The SMILES string of the molecule is COc1cccc2c1C(=O)c1c(O)c3c(c(O)c1C2=O)CC(O)(C(C)=O)CC3OC1CC(N(C)Cc2ccccc2)C(O)C(C)O1. The summed E-state index contributed by atoms with van der Waals surface area (Å²) in [6.45, 7) is 3.46. The molecule has 0 saturated carbocycles. The summed E-state index contributed by atoms with van der Waals surface area (Å²) in [5, 5.41) is 45.8. The van der Waals surface area contributed by atoms with Crippen LogP contribution in [0.4, 0.5) is 0 Å². The fourth-order valence-corrected chi connectivity index (χ4v) is 7.03.